The van der Waals surface area contributed by atoms with E-state index in [1.807, 2.05) is 45.9 Å². The van der Waals surface area contributed by atoms with Crippen molar-refractivity contribution in [2.75, 3.05) is 32.1 Å². The highest BCUT2D eigenvalue weighted by Crippen LogP contribution is 2.37. The molecule has 3 amide bonds. The first-order valence-corrected chi connectivity index (χ1v) is 19.3. The van der Waals surface area contributed by atoms with Gasteiger partial charge in [0.2, 0.25) is 11.8 Å². The summed E-state index contributed by atoms with van der Waals surface area (Å²) < 4.78 is 25.9. The Morgan fingerprint density at radius 2 is 1.56 bits per heavy atom. The molecule has 2 rings (SSSR count). The van der Waals surface area contributed by atoms with Crippen LogP contribution in [0.25, 0.3) is 0 Å². The third-order valence-corrected chi connectivity index (χ3v) is 8.92. The predicted octanol–water partition coefficient (Wildman–Crippen LogP) is 5.88. The van der Waals surface area contributed by atoms with E-state index in [1.54, 1.807) is 39.0 Å². The molecule has 16 heteroatoms. The van der Waals surface area contributed by atoms with Crippen molar-refractivity contribution in [3.05, 3.63) is 83.8 Å². The summed E-state index contributed by atoms with van der Waals surface area (Å²) >= 11 is -1.64. The monoisotopic (exact) mass is 817 g/mol. The van der Waals surface area contributed by atoms with Gasteiger partial charge in [-0.05, 0) is 90.1 Å². The average Bonchev–Trinajstić information content (AvgIpc) is 3.17. The number of nitrogens with one attached hydrogen (secondary N) is 3. The summed E-state index contributed by atoms with van der Waals surface area (Å²) in [5.41, 5.74) is 1.01. The van der Waals surface area contributed by atoms with Crippen molar-refractivity contribution in [2.24, 2.45) is 10.8 Å². The summed E-state index contributed by atoms with van der Waals surface area (Å²) in [5.74, 6) is -2.41. The van der Waals surface area contributed by atoms with E-state index in [2.05, 4.69) is 38.0 Å². The maximum atomic E-state index is 12.4. The third-order valence-electron chi connectivity index (χ3n) is 8.29. The van der Waals surface area contributed by atoms with Crippen LogP contribution >= 0.6 is 0 Å². The Bertz CT molecular complexity index is 1710. The standard InChI is InChI=1S/C19H21NO4.C11H18N2O4S.C11H20O4/c1-4-16(24-17-9-8-12(2)10-13(17)3)18(21)20-15-7-5-6-14(11-15)19(22)23;1-3-5-6-10(14)12-7-8-13-11(15)9-17-18(16)4-2;1-6-11(4,8(12)13)7-10(2,3)9(14)15-5/h5-11,16H,4H2,1-3H3,(H,20,21)(H,22,23);3-4H,1-2,5-9H2,(H,12,14)(H,13,15);6-7H2,1-5H3,(H,12,13). The lowest BCUT2D eigenvalue weighted by Crippen LogP contribution is -2.37. The highest BCUT2D eigenvalue weighted by Gasteiger charge is 2.41. The first kappa shape index (κ1) is 51.6. The van der Waals surface area contributed by atoms with Crippen molar-refractivity contribution in [1.82, 2.24) is 10.6 Å². The van der Waals surface area contributed by atoms with Crippen LogP contribution in [0.15, 0.2) is 67.1 Å². The number of ether oxygens (including phenoxy) is 2. The van der Waals surface area contributed by atoms with Gasteiger partial charge in [0.15, 0.2) is 17.2 Å². The molecule has 2 aromatic rings. The molecule has 0 aliphatic carbocycles. The van der Waals surface area contributed by atoms with E-state index >= 15 is 0 Å². The number of amides is 3. The second kappa shape index (κ2) is 26.5. The summed E-state index contributed by atoms with van der Waals surface area (Å²) in [6.07, 6.45) is 3.29. The van der Waals surface area contributed by atoms with E-state index in [1.165, 1.54) is 19.2 Å². The average molecular weight is 818 g/mol. The zero-order valence-electron chi connectivity index (χ0n) is 34.2. The molecule has 0 saturated heterocycles. The summed E-state index contributed by atoms with van der Waals surface area (Å²) in [7, 11) is 1.31. The number of anilines is 1. The second-order valence-corrected chi connectivity index (χ2v) is 14.7. The van der Waals surface area contributed by atoms with Gasteiger partial charge in [0.05, 0.1) is 23.5 Å². The molecule has 0 bridgehead atoms. The van der Waals surface area contributed by atoms with Crippen LogP contribution in [0, 0.1) is 24.7 Å². The molecule has 15 nitrogen and oxygen atoms in total. The highest BCUT2D eigenvalue weighted by atomic mass is 32.2. The van der Waals surface area contributed by atoms with Crippen molar-refractivity contribution in [3.8, 4) is 5.75 Å². The van der Waals surface area contributed by atoms with E-state index in [-0.39, 0.29) is 36.4 Å². The van der Waals surface area contributed by atoms with Crippen molar-refractivity contribution in [1.29, 1.82) is 0 Å². The number of allylic oxidation sites excluding steroid dienone is 1. The Morgan fingerprint density at radius 3 is 2.07 bits per heavy atom. The largest absolute Gasteiger partial charge is 0.481 e. The number of carbonyl (C=O) groups is 6. The van der Waals surface area contributed by atoms with Crippen molar-refractivity contribution < 1.29 is 56.8 Å². The Kier molecular flexibility index (Phi) is 24.0. The molecule has 0 radical (unpaired) electrons. The van der Waals surface area contributed by atoms with Crippen LogP contribution in [0.3, 0.4) is 0 Å². The van der Waals surface area contributed by atoms with Gasteiger partial charge in [-0.15, -0.1) is 6.58 Å². The fourth-order valence-electron chi connectivity index (χ4n) is 4.97. The van der Waals surface area contributed by atoms with Crippen molar-refractivity contribution in [2.45, 2.75) is 86.7 Å². The number of aromatic carboxylic acids is 1. The molecule has 5 N–H and O–H groups in total. The number of methoxy groups -OCH3 is 1. The zero-order chi connectivity index (χ0) is 43.8. The van der Waals surface area contributed by atoms with Gasteiger partial charge >= 0.3 is 17.9 Å². The van der Waals surface area contributed by atoms with Crippen LogP contribution < -0.4 is 20.7 Å². The van der Waals surface area contributed by atoms with E-state index in [0.717, 1.165) is 16.5 Å². The number of esters is 1. The van der Waals surface area contributed by atoms with Crippen LogP contribution in [-0.2, 0) is 44.0 Å². The van der Waals surface area contributed by atoms with E-state index in [0.29, 0.717) is 50.2 Å². The van der Waals surface area contributed by atoms with Gasteiger partial charge < -0.3 is 35.6 Å². The molecular weight excluding hydrogens is 759 g/mol. The lowest BCUT2D eigenvalue weighted by molar-refractivity contribution is -0.157. The number of carboxylic acid groups (broad SMARTS) is 2. The number of hydrogen-bond donors (Lipinski definition) is 5. The number of aryl methyl sites for hydroxylation is 2. The molecule has 2 aromatic carbocycles. The Hall–Kier alpha value is -5.35. The van der Waals surface area contributed by atoms with Crippen molar-refractivity contribution >= 4 is 52.4 Å². The van der Waals surface area contributed by atoms with Gasteiger partial charge in [0.25, 0.3) is 5.91 Å². The number of carbonyl (C=O) groups excluding carboxylic acids is 4. The Morgan fingerprint density at radius 1 is 0.930 bits per heavy atom. The fourth-order valence-corrected chi connectivity index (χ4v) is 5.29. The molecule has 0 heterocycles. The minimum absolute atomic E-state index is 0.0897. The smallest absolute Gasteiger partial charge is 0.335 e. The van der Waals surface area contributed by atoms with Crippen molar-refractivity contribution in [3.63, 3.8) is 0 Å². The molecule has 0 spiro atoms. The van der Waals surface area contributed by atoms with Gasteiger partial charge in [0.1, 0.15) is 12.4 Å². The summed E-state index contributed by atoms with van der Waals surface area (Å²) in [6.45, 7) is 19.7. The summed E-state index contributed by atoms with van der Waals surface area (Å²) in [6, 6.07) is 11.9. The maximum Gasteiger partial charge on any atom is 0.335 e. The van der Waals surface area contributed by atoms with E-state index in [9.17, 15) is 33.0 Å². The number of rotatable bonds is 21. The fraction of sp³-hybridized carbons (Fsp3) is 0.463. The lowest BCUT2D eigenvalue weighted by atomic mass is 9.72. The second-order valence-electron chi connectivity index (χ2n) is 13.6. The van der Waals surface area contributed by atoms with Crippen LogP contribution in [0.4, 0.5) is 5.69 Å². The van der Waals surface area contributed by atoms with Gasteiger partial charge in [-0.1, -0.05) is 50.3 Å². The number of aliphatic carboxylic acids is 1. The van der Waals surface area contributed by atoms with Gasteiger partial charge in [0, 0.05) is 30.6 Å². The normalized spacial score (nSPS) is 12.6. The molecule has 3 atom stereocenters. The van der Waals surface area contributed by atoms with Gasteiger partial charge in [-0.2, -0.15) is 0 Å². The molecule has 0 aliphatic heterocycles. The molecule has 0 fully saturated rings. The minimum atomic E-state index is -1.64. The molecule has 3 unspecified atom stereocenters. The van der Waals surface area contributed by atoms with E-state index < -0.39 is 45.9 Å². The Balaban J connectivity index is 0.000000855. The Labute approximate surface area is 338 Å². The van der Waals surface area contributed by atoms with Gasteiger partial charge in [-0.3, -0.25) is 28.2 Å². The lowest BCUT2D eigenvalue weighted by Gasteiger charge is -2.31. The maximum absolute atomic E-state index is 12.4. The number of carboxylic acids is 2. The number of hydrogen-bond acceptors (Lipinski definition) is 10. The van der Waals surface area contributed by atoms with Crippen LogP contribution in [0.5, 0.6) is 5.75 Å². The molecule has 0 aliphatic rings. The molecular formula is C41H59N3O12S. The minimum Gasteiger partial charge on any atom is -0.481 e. The first-order valence-electron chi connectivity index (χ1n) is 18.2. The molecule has 0 saturated carbocycles. The molecule has 316 valence electrons. The van der Waals surface area contributed by atoms with Crippen LogP contribution in [0.2, 0.25) is 0 Å². The van der Waals surface area contributed by atoms with E-state index in [4.69, 9.17) is 14.9 Å². The highest BCUT2D eigenvalue weighted by molar-refractivity contribution is 7.83. The van der Waals surface area contributed by atoms with Gasteiger partial charge in [-0.25, -0.2) is 9.00 Å². The third kappa shape index (κ3) is 20.4. The predicted molar refractivity (Wildman–Crippen MR) is 219 cm³/mol. The van der Waals surface area contributed by atoms with Crippen LogP contribution in [0.1, 0.15) is 88.2 Å². The molecule has 57 heavy (non-hydrogen) atoms. The first-order chi connectivity index (χ1) is 26.7. The topological polar surface area (TPSA) is 224 Å². The zero-order valence-corrected chi connectivity index (χ0v) is 35.0. The summed E-state index contributed by atoms with van der Waals surface area (Å²) in [5, 5.41) is 27.0. The quantitative estimate of drug-likeness (QED) is 0.0566. The van der Waals surface area contributed by atoms with Crippen LogP contribution in [-0.4, -0.2) is 83.0 Å². The SMILES string of the molecule is C=CCCC(=O)NCCNC(=O)COS(=O)C=C.CCC(C)(CC(C)(C)C(=O)OC)C(=O)O.CCC(Oc1ccc(C)cc1C)C(=O)Nc1cccc(C(=O)O)c1. The molecule has 0 aromatic heterocycles. The summed E-state index contributed by atoms with van der Waals surface area (Å²) in [4.78, 5) is 68.2. The number of benzene rings is 2.